The molecule has 28 heavy (non-hydrogen) atoms. The molecule has 0 saturated heterocycles. The first kappa shape index (κ1) is 19.3. The number of rotatable bonds is 8. The molecule has 0 spiro atoms. The van der Waals surface area contributed by atoms with Crippen molar-refractivity contribution in [3.8, 4) is 22.6 Å². The van der Waals surface area contributed by atoms with E-state index in [0.29, 0.717) is 6.42 Å². The van der Waals surface area contributed by atoms with Crippen LogP contribution in [-0.4, -0.2) is 31.3 Å². The first-order chi connectivity index (χ1) is 13.6. The Kier molecular flexibility index (Phi) is 6.17. The van der Waals surface area contributed by atoms with Gasteiger partial charge in [-0.3, -0.25) is 0 Å². The second-order valence-corrected chi connectivity index (χ2v) is 6.34. The molecule has 144 valence electrons. The summed E-state index contributed by atoms with van der Waals surface area (Å²) in [5, 5.41) is 12.6. The number of carboxylic acid groups (broad SMARTS) is 1. The average molecular weight is 377 g/mol. The predicted octanol–water partition coefficient (Wildman–Crippen LogP) is 4.48. The van der Waals surface area contributed by atoms with Crippen LogP contribution in [0.2, 0.25) is 0 Å². The van der Waals surface area contributed by atoms with Crippen molar-refractivity contribution in [2.24, 2.45) is 0 Å². The van der Waals surface area contributed by atoms with Crippen molar-refractivity contribution in [2.45, 2.75) is 12.5 Å². The molecule has 0 heterocycles. The minimum absolute atomic E-state index is 0.369. The zero-order valence-corrected chi connectivity index (χ0v) is 15.9. The number of benzene rings is 3. The summed E-state index contributed by atoms with van der Waals surface area (Å²) in [6.07, 6.45) is 0.369. The van der Waals surface area contributed by atoms with Crippen molar-refractivity contribution < 1.29 is 19.4 Å². The summed E-state index contributed by atoms with van der Waals surface area (Å²) in [7, 11) is 3.25. The SMILES string of the molecule is COc1cccc(OC)c1-c1ccc(CC(Nc2ccccc2)C(=O)O)cc1. The highest BCUT2D eigenvalue weighted by Crippen LogP contribution is 2.38. The van der Waals surface area contributed by atoms with Gasteiger partial charge < -0.3 is 19.9 Å². The van der Waals surface area contributed by atoms with Gasteiger partial charge in [0.15, 0.2) is 0 Å². The maximum atomic E-state index is 11.7. The normalized spacial score (nSPS) is 11.5. The van der Waals surface area contributed by atoms with Gasteiger partial charge in [-0.15, -0.1) is 0 Å². The fourth-order valence-electron chi connectivity index (χ4n) is 3.11. The smallest absolute Gasteiger partial charge is 0.326 e. The van der Waals surface area contributed by atoms with Gasteiger partial charge in [-0.25, -0.2) is 4.79 Å². The van der Waals surface area contributed by atoms with Crippen LogP contribution in [0, 0.1) is 0 Å². The highest BCUT2D eigenvalue weighted by Gasteiger charge is 2.18. The Bertz CT molecular complexity index is 901. The lowest BCUT2D eigenvalue weighted by molar-refractivity contribution is -0.137. The van der Waals surface area contributed by atoms with Gasteiger partial charge in [-0.05, 0) is 35.4 Å². The highest BCUT2D eigenvalue weighted by molar-refractivity contribution is 5.79. The summed E-state index contributed by atoms with van der Waals surface area (Å²) in [5.74, 6) is 0.557. The lowest BCUT2D eigenvalue weighted by Gasteiger charge is -2.17. The molecule has 0 saturated carbocycles. The zero-order chi connectivity index (χ0) is 19.9. The van der Waals surface area contributed by atoms with E-state index < -0.39 is 12.0 Å². The molecule has 3 rings (SSSR count). The molecule has 3 aromatic rings. The van der Waals surface area contributed by atoms with E-state index >= 15 is 0 Å². The Morgan fingerprint density at radius 2 is 1.50 bits per heavy atom. The summed E-state index contributed by atoms with van der Waals surface area (Å²) < 4.78 is 10.9. The molecule has 0 radical (unpaired) electrons. The molecule has 0 bridgehead atoms. The predicted molar refractivity (Wildman–Crippen MR) is 110 cm³/mol. The van der Waals surface area contributed by atoms with Crippen molar-refractivity contribution in [3.63, 3.8) is 0 Å². The zero-order valence-electron chi connectivity index (χ0n) is 15.9. The quantitative estimate of drug-likeness (QED) is 0.606. The van der Waals surface area contributed by atoms with E-state index in [4.69, 9.17) is 9.47 Å². The van der Waals surface area contributed by atoms with Gasteiger partial charge in [0, 0.05) is 12.1 Å². The Morgan fingerprint density at radius 3 is 2.04 bits per heavy atom. The number of hydrogen-bond acceptors (Lipinski definition) is 4. The Hall–Kier alpha value is -3.47. The van der Waals surface area contributed by atoms with Crippen LogP contribution >= 0.6 is 0 Å². The number of para-hydroxylation sites is 1. The Balaban J connectivity index is 1.82. The molecule has 0 fully saturated rings. The summed E-state index contributed by atoms with van der Waals surface area (Å²) in [5.41, 5.74) is 3.52. The summed E-state index contributed by atoms with van der Waals surface area (Å²) in [6, 6.07) is 22.1. The van der Waals surface area contributed by atoms with E-state index in [1.54, 1.807) is 14.2 Å². The number of hydrogen-bond donors (Lipinski definition) is 2. The number of carboxylic acids is 1. The number of ether oxygens (including phenoxy) is 2. The summed E-state index contributed by atoms with van der Waals surface area (Å²) >= 11 is 0. The maximum absolute atomic E-state index is 11.7. The Labute approximate surface area is 164 Å². The molecule has 1 unspecified atom stereocenters. The molecular formula is C23H23NO4. The van der Waals surface area contributed by atoms with Crippen LogP contribution in [0.3, 0.4) is 0 Å². The van der Waals surface area contributed by atoms with Crippen LogP contribution in [0.4, 0.5) is 5.69 Å². The Morgan fingerprint density at radius 1 is 0.893 bits per heavy atom. The number of carbonyl (C=O) groups is 1. The minimum Gasteiger partial charge on any atom is -0.496 e. The molecule has 0 aromatic heterocycles. The van der Waals surface area contributed by atoms with Gasteiger partial charge >= 0.3 is 5.97 Å². The molecule has 5 nitrogen and oxygen atoms in total. The van der Waals surface area contributed by atoms with E-state index in [-0.39, 0.29) is 0 Å². The van der Waals surface area contributed by atoms with E-state index in [1.807, 2.05) is 72.8 Å². The van der Waals surface area contributed by atoms with Crippen molar-refractivity contribution >= 4 is 11.7 Å². The molecule has 2 N–H and O–H groups in total. The van der Waals surface area contributed by atoms with Gasteiger partial charge in [0.25, 0.3) is 0 Å². The lowest BCUT2D eigenvalue weighted by atomic mass is 9.99. The number of aliphatic carboxylic acids is 1. The average Bonchev–Trinajstić information content (AvgIpc) is 2.74. The lowest BCUT2D eigenvalue weighted by Crippen LogP contribution is -2.31. The molecule has 0 amide bonds. The number of anilines is 1. The fourth-order valence-corrected chi connectivity index (χ4v) is 3.11. The standard InChI is InChI=1S/C23H23NO4/c1-27-20-9-6-10-21(28-2)22(20)17-13-11-16(12-14-17)15-19(23(25)26)24-18-7-4-3-5-8-18/h3-14,19,24H,15H2,1-2H3,(H,25,26). The largest absolute Gasteiger partial charge is 0.496 e. The topological polar surface area (TPSA) is 67.8 Å². The summed E-state index contributed by atoms with van der Waals surface area (Å²) in [6.45, 7) is 0. The van der Waals surface area contributed by atoms with Crippen molar-refractivity contribution in [2.75, 3.05) is 19.5 Å². The second-order valence-electron chi connectivity index (χ2n) is 6.34. The third-order valence-electron chi connectivity index (χ3n) is 4.52. The van der Waals surface area contributed by atoms with E-state index in [9.17, 15) is 9.90 Å². The molecule has 0 aliphatic heterocycles. The number of methoxy groups -OCH3 is 2. The number of nitrogens with one attached hydrogen (secondary N) is 1. The highest BCUT2D eigenvalue weighted by atomic mass is 16.5. The minimum atomic E-state index is -0.890. The van der Waals surface area contributed by atoms with Gasteiger partial charge in [0.1, 0.15) is 17.5 Å². The fraction of sp³-hybridized carbons (Fsp3) is 0.174. The van der Waals surface area contributed by atoms with Gasteiger partial charge in [0.05, 0.1) is 19.8 Å². The first-order valence-electron chi connectivity index (χ1n) is 8.97. The monoisotopic (exact) mass is 377 g/mol. The van der Waals surface area contributed by atoms with Crippen LogP contribution < -0.4 is 14.8 Å². The summed E-state index contributed by atoms with van der Waals surface area (Å²) in [4.78, 5) is 11.7. The van der Waals surface area contributed by atoms with E-state index in [0.717, 1.165) is 33.9 Å². The van der Waals surface area contributed by atoms with Crippen LogP contribution in [0.1, 0.15) is 5.56 Å². The molecule has 3 aromatic carbocycles. The molecule has 0 aliphatic rings. The van der Waals surface area contributed by atoms with Crippen molar-refractivity contribution in [1.82, 2.24) is 0 Å². The maximum Gasteiger partial charge on any atom is 0.326 e. The van der Waals surface area contributed by atoms with Crippen LogP contribution in [0.5, 0.6) is 11.5 Å². The van der Waals surface area contributed by atoms with E-state index in [2.05, 4.69) is 5.32 Å². The van der Waals surface area contributed by atoms with Crippen LogP contribution in [0.15, 0.2) is 72.8 Å². The third kappa shape index (κ3) is 4.43. The molecule has 0 aliphatic carbocycles. The first-order valence-corrected chi connectivity index (χ1v) is 8.97. The molecule has 5 heteroatoms. The van der Waals surface area contributed by atoms with Gasteiger partial charge in [-0.1, -0.05) is 48.5 Å². The van der Waals surface area contributed by atoms with Crippen LogP contribution in [0.25, 0.3) is 11.1 Å². The second kappa shape index (κ2) is 8.95. The third-order valence-corrected chi connectivity index (χ3v) is 4.52. The van der Waals surface area contributed by atoms with Crippen LogP contribution in [-0.2, 0) is 11.2 Å². The van der Waals surface area contributed by atoms with Gasteiger partial charge in [0.2, 0.25) is 0 Å². The molecular weight excluding hydrogens is 354 g/mol. The van der Waals surface area contributed by atoms with Crippen molar-refractivity contribution in [1.29, 1.82) is 0 Å². The van der Waals surface area contributed by atoms with Gasteiger partial charge in [-0.2, -0.15) is 0 Å². The van der Waals surface area contributed by atoms with E-state index in [1.165, 1.54) is 0 Å². The van der Waals surface area contributed by atoms with Crippen molar-refractivity contribution in [3.05, 3.63) is 78.4 Å². The molecule has 1 atom stereocenters.